The first-order chi connectivity index (χ1) is 10.9. The highest BCUT2D eigenvalue weighted by Crippen LogP contribution is 2.59. The average molecular weight is 325 g/mol. The van der Waals surface area contributed by atoms with Crippen molar-refractivity contribution in [1.82, 2.24) is 4.90 Å². The molecule has 124 valence electrons. The molecule has 0 radical (unpaired) electrons. The summed E-state index contributed by atoms with van der Waals surface area (Å²) in [4.78, 5) is 24.7. The number of carbonyl (C=O) groups excluding carboxylic acids is 1. The van der Waals surface area contributed by atoms with Crippen molar-refractivity contribution in [2.75, 3.05) is 19.7 Å². The number of nitrogens with zero attached hydrogens (tertiary/aromatic N) is 1. The van der Waals surface area contributed by atoms with Crippen molar-refractivity contribution in [2.45, 2.75) is 19.3 Å². The molecule has 1 saturated carbocycles. The molecule has 2 aliphatic rings. The van der Waals surface area contributed by atoms with Gasteiger partial charge in [-0.2, -0.15) is 0 Å². The number of amides is 1. The van der Waals surface area contributed by atoms with Gasteiger partial charge < -0.3 is 14.7 Å². The second-order valence-corrected chi connectivity index (χ2v) is 6.20. The number of ether oxygens (including phenoxy) is 1. The van der Waals surface area contributed by atoms with E-state index >= 15 is 0 Å². The van der Waals surface area contributed by atoms with Crippen LogP contribution in [0.4, 0.5) is 8.78 Å². The van der Waals surface area contributed by atoms with Crippen LogP contribution in [0.5, 0.6) is 5.75 Å². The lowest BCUT2D eigenvalue weighted by molar-refractivity contribution is -0.140. The van der Waals surface area contributed by atoms with E-state index in [0.29, 0.717) is 38.4 Å². The van der Waals surface area contributed by atoms with Crippen LogP contribution >= 0.6 is 0 Å². The van der Waals surface area contributed by atoms with Gasteiger partial charge in [0.2, 0.25) is 0 Å². The van der Waals surface area contributed by atoms with Gasteiger partial charge in [-0.05, 0) is 36.8 Å². The second-order valence-electron chi connectivity index (χ2n) is 6.20. The largest absolute Gasteiger partial charge is 0.481 e. The van der Waals surface area contributed by atoms with Crippen LogP contribution in [0, 0.1) is 23.0 Å². The van der Waals surface area contributed by atoms with E-state index in [4.69, 9.17) is 9.84 Å². The fourth-order valence-electron chi connectivity index (χ4n) is 3.27. The van der Waals surface area contributed by atoms with Crippen LogP contribution in [-0.2, 0) is 9.59 Å². The normalized spacial score (nSPS) is 22.0. The van der Waals surface area contributed by atoms with Crippen LogP contribution in [0.15, 0.2) is 18.2 Å². The molecule has 5 nitrogen and oxygen atoms in total. The van der Waals surface area contributed by atoms with Crippen LogP contribution in [0.1, 0.15) is 19.3 Å². The summed E-state index contributed by atoms with van der Waals surface area (Å²) in [6.07, 6.45) is 2.02. The maximum atomic E-state index is 13.4. The highest BCUT2D eigenvalue weighted by atomic mass is 19.1. The number of carbonyl (C=O) groups is 2. The third-order valence-electron chi connectivity index (χ3n) is 4.84. The molecule has 1 saturated heterocycles. The minimum atomic E-state index is -0.849. The van der Waals surface area contributed by atoms with Gasteiger partial charge in [-0.15, -0.1) is 0 Å². The summed E-state index contributed by atoms with van der Waals surface area (Å²) in [6, 6.07) is 2.90. The van der Waals surface area contributed by atoms with E-state index in [-0.39, 0.29) is 29.6 Å². The Morgan fingerprint density at radius 1 is 1.30 bits per heavy atom. The summed E-state index contributed by atoms with van der Waals surface area (Å²) in [5.41, 5.74) is -0.146. The summed E-state index contributed by atoms with van der Waals surface area (Å²) in [6.45, 7) is 0.646. The van der Waals surface area contributed by atoms with Crippen molar-refractivity contribution < 1.29 is 28.2 Å². The van der Waals surface area contributed by atoms with Crippen LogP contribution in [0.2, 0.25) is 0 Å². The number of aliphatic carboxylic acids is 1. The minimum Gasteiger partial charge on any atom is -0.481 e. The molecule has 23 heavy (non-hydrogen) atoms. The number of carboxylic acids is 1. The molecular weight excluding hydrogens is 308 g/mol. The Hall–Kier alpha value is -2.18. The molecule has 1 spiro atoms. The van der Waals surface area contributed by atoms with Gasteiger partial charge in [-0.3, -0.25) is 9.59 Å². The monoisotopic (exact) mass is 325 g/mol. The zero-order valence-corrected chi connectivity index (χ0v) is 12.4. The van der Waals surface area contributed by atoms with Crippen LogP contribution < -0.4 is 4.74 Å². The lowest BCUT2D eigenvalue weighted by atomic mass is 9.91. The van der Waals surface area contributed by atoms with Gasteiger partial charge in [0.15, 0.2) is 18.2 Å². The zero-order chi connectivity index (χ0) is 16.6. The van der Waals surface area contributed by atoms with Gasteiger partial charge in [0.05, 0.1) is 5.92 Å². The molecule has 1 amide bonds. The molecule has 1 aromatic carbocycles. The Morgan fingerprint density at radius 2 is 2.00 bits per heavy atom. The van der Waals surface area contributed by atoms with E-state index < -0.39 is 17.6 Å². The number of piperidine rings is 1. The summed E-state index contributed by atoms with van der Waals surface area (Å²) in [7, 11) is 0. The fourth-order valence-corrected chi connectivity index (χ4v) is 3.27. The molecule has 1 aliphatic carbocycles. The number of halogens is 2. The van der Waals surface area contributed by atoms with Crippen molar-refractivity contribution >= 4 is 11.9 Å². The number of hydrogen-bond acceptors (Lipinski definition) is 3. The Labute approximate surface area is 131 Å². The van der Waals surface area contributed by atoms with Gasteiger partial charge in [-0.25, -0.2) is 8.78 Å². The number of carboxylic acid groups (broad SMARTS) is 1. The summed E-state index contributed by atoms with van der Waals surface area (Å²) in [5, 5.41) is 9.04. The van der Waals surface area contributed by atoms with Crippen molar-refractivity contribution in [3.8, 4) is 5.75 Å². The Kier molecular flexibility index (Phi) is 3.95. The highest BCUT2D eigenvalue weighted by molar-refractivity contribution is 5.78. The van der Waals surface area contributed by atoms with Gasteiger partial charge in [0, 0.05) is 19.2 Å². The maximum absolute atomic E-state index is 13.4. The number of likely N-dealkylation sites (tertiary alicyclic amines) is 1. The molecule has 1 N–H and O–H groups in total. The predicted molar refractivity (Wildman–Crippen MR) is 75.8 cm³/mol. The van der Waals surface area contributed by atoms with E-state index in [9.17, 15) is 18.4 Å². The first-order valence-corrected chi connectivity index (χ1v) is 7.50. The van der Waals surface area contributed by atoms with E-state index in [2.05, 4.69) is 0 Å². The first-order valence-electron chi connectivity index (χ1n) is 7.50. The minimum absolute atomic E-state index is 0.146. The van der Waals surface area contributed by atoms with Crippen LogP contribution in [0.25, 0.3) is 0 Å². The molecule has 2 fully saturated rings. The van der Waals surface area contributed by atoms with E-state index in [1.807, 2.05) is 0 Å². The molecule has 7 heteroatoms. The highest BCUT2D eigenvalue weighted by Gasteiger charge is 2.59. The first kappa shape index (κ1) is 15.7. The van der Waals surface area contributed by atoms with Gasteiger partial charge in [0.25, 0.3) is 5.91 Å². The number of rotatable bonds is 4. The molecule has 3 rings (SSSR count). The topological polar surface area (TPSA) is 66.8 Å². The van der Waals surface area contributed by atoms with Gasteiger partial charge in [-0.1, -0.05) is 0 Å². The van der Waals surface area contributed by atoms with Crippen LogP contribution in [0.3, 0.4) is 0 Å². The summed E-state index contributed by atoms with van der Waals surface area (Å²) < 4.78 is 31.3. The molecule has 1 atom stereocenters. The van der Waals surface area contributed by atoms with E-state index in [1.54, 1.807) is 4.90 Å². The molecule has 1 heterocycles. The molecule has 1 aliphatic heterocycles. The van der Waals surface area contributed by atoms with Crippen LogP contribution in [-0.4, -0.2) is 41.6 Å². The Morgan fingerprint density at radius 3 is 2.57 bits per heavy atom. The quantitative estimate of drug-likeness (QED) is 0.920. The predicted octanol–water partition coefficient (Wildman–Crippen LogP) is 2.06. The van der Waals surface area contributed by atoms with Crippen molar-refractivity contribution in [1.29, 1.82) is 0 Å². The molecule has 1 unspecified atom stereocenters. The summed E-state index contributed by atoms with van der Waals surface area (Å²) in [5.74, 6) is -3.06. The molecule has 1 aromatic rings. The lowest BCUT2D eigenvalue weighted by Crippen LogP contribution is -2.42. The van der Waals surface area contributed by atoms with Crippen molar-refractivity contribution in [2.24, 2.45) is 11.3 Å². The van der Waals surface area contributed by atoms with E-state index in [1.165, 1.54) is 0 Å². The lowest BCUT2D eigenvalue weighted by Gasteiger charge is -2.32. The number of hydrogen-bond donors (Lipinski definition) is 1. The fraction of sp³-hybridized carbons (Fsp3) is 0.500. The SMILES string of the molecule is O=C(O)C1CC12CCN(C(=O)COc1ccc(F)cc1F)CC2. The molecule has 0 bridgehead atoms. The van der Waals surface area contributed by atoms with Crippen molar-refractivity contribution in [3.63, 3.8) is 0 Å². The van der Waals surface area contributed by atoms with Crippen molar-refractivity contribution in [3.05, 3.63) is 29.8 Å². The second kappa shape index (κ2) is 5.79. The Balaban J connectivity index is 1.49. The zero-order valence-electron chi connectivity index (χ0n) is 12.4. The van der Waals surface area contributed by atoms with E-state index in [0.717, 1.165) is 12.1 Å². The van der Waals surface area contributed by atoms with Gasteiger partial charge in [0.1, 0.15) is 5.82 Å². The third-order valence-corrected chi connectivity index (χ3v) is 4.84. The third kappa shape index (κ3) is 3.13. The molecular formula is C16H17F2NO4. The average Bonchev–Trinajstić information content (AvgIpc) is 3.21. The number of benzene rings is 1. The maximum Gasteiger partial charge on any atom is 0.307 e. The Bertz CT molecular complexity index is 641. The summed E-state index contributed by atoms with van der Waals surface area (Å²) >= 11 is 0. The van der Waals surface area contributed by atoms with Gasteiger partial charge >= 0.3 is 5.97 Å². The molecule has 0 aromatic heterocycles. The smallest absolute Gasteiger partial charge is 0.307 e. The standard InChI is InChI=1S/C16H17F2NO4/c17-10-1-2-13(12(18)7-10)23-9-14(20)19-5-3-16(4-6-19)8-11(16)15(21)22/h1-2,7,11H,3-6,8-9H2,(H,21,22).